The number of benzene rings is 1. The van der Waals surface area contributed by atoms with Crippen LogP contribution >= 0.6 is 0 Å². The van der Waals surface area contributed by atoms with Gasteiger partial charge in [0.2, 0.25) is 0 Å². The number of carbonyl (C=O) groups is 2. The fourth-order valence-electron chi connectivity index (χ4n) is 1.78. The van der Waals surface area contributed by atoms with Gasteiger partial charge in [0, 0.05) is 0 Å². The lowest BCUT2D eigenvalue weighted by Gasteiger charge is -2.16. The highest BCUT2D eigenvalue weighted by Gasteiger charge is 2.24. The summed E-state index contributed by atoms with van der Waals surface area (Å²) in [6, 6.07) is 4.74. The van der Waals surface area contributed by atoms with Crippen LogP contribution < -0.4 is 10.1 Å². The SMILES string of the molecule is CNC(CC(=O)OC)C(=O)c1cc(C)ccc1OC. The molecule has 5 nitrogen and oxygen atoms in total. The number of likely N-dealkylation sites (N-methyl/N-ethyl adjacent to an activating group) is 1. The summed E-state index contributed by atoms with van der Waals surface area (Å²) >= 11 is 0. The van der Waals surface area contributed by atoms with Crippen LogP contribution in [0.25, 0.3) is 0 Å². The molecule has 1 aromatic rings. The predicted octanol–water partition coefficient (Wildman–Crippen LogP) is 1.34. The Balaban J connectivity index is 3.03. The van der Waals surface area contributed by atoms with Crippen LogP contribution in [0.5, 0.6) is 5.75 Å². The molecule has 0 aliphatic rings. The number of Topliss-reactive ketones (excluding diaryl/α,β-unsaturated/α-hetero) is 1. The molecule has 0 fully saturated rings. The van der Waals surface area contributed by atoms with Crippen LogP contribution in [0.3, 0.4) is 0 Å². The van der Waals surface area contributed by atoms with Crippen LogP contribution in [-0.2, 0) is 9.53 Å². The zero-order chi connectivity index (χ0) is 14.4. The van der Waals surface area contributed by atoms with Crippen molar-refractivity contribution in [1.82, 2.24) is 5.32 Å². The third-order valence-corrected chi connectivity index (χ3v) is 2.88. The second-order valence-corrected chi connectivity index (χ2v) is 4.19. The van der Waals surface area contributed by atoms with E-state index in [2.05, 4.69) is 10.1 Å². The van der Waals surface area contributed by atoms with Gasteiger partial charge in [-0.15, -0.1) is 0 Å². The number of ether oxygens (including phenoxy) is 2. The van der Waals surface area contributed by atoms with Gasteiger partial charge in [0.15, 0.2) is 5.78 Å². The van der Waals surface area contributed by atoms with Crippen molar-refractivity contribution >= 4 is 11.8 Å². The van der Waals surface area contributed by atoms with E-state index in [9.17, 15) is 9.59 Å². The number of nitrogens with one attached hydrogen (secondary N) is 1. The van der Waals surface area contributed by atoms with Gasteiger partial charge in [-0.2, -0.15) is 0 Å². The average molecular weight is 265 g/mol. The van der Waals surface area contributed by atoms with Crippen molar-refractivity contribution in [3.8, 4) is 5.75 Å². The Labute approximate surface area is 112 Å². The second-order valence-electron chi connectivity index (χ2n) is 4.19. The van der Waals surface area contributed by atoms with Gasteiger partial charge < -0.3 is 14.8 Å². The van der Waals surface area contributed by atoms with Crippen LogP contribution in [0.1, 0.15) is 22.3 Å². The smallest absolute Gasteiger partial charge is 0.307 e. The highest BCUT2D eigenvalue weighted by atomic mass is 16.5. The summed E-state index contributed by atoms with van der Waals surface area (Å²) in [7, 11) is 4.44. The van der Waals surface area contributed by atoms with Gasteiger partial charge in [0.25, 0.3) is 0 Å². The maximum atomic E-state index is 12.4. The number of carbonyl (C=O) groups excluding carboxylic acids is 2. The largest absolute Gasteiger partial charge is 0.496 e. The van der Waals surface area contributed by atoms with Crippen molar-refractivity contribution in [3.05, 3.63) is 29.3 Å². The van der Waals surface area contributed by atoms with Crippen molar-refractivity contribution in [3.63, 3.8) is 0 Å². The molecule has 0 aromatic heterocycles. The molecule has 19 heavy (non-hydrogen) atoms. The molecule has 0 heterocycles. The fraction of sp³-hybridized carbons (Fsp3) is 0.429. The molecular formula is C14H19NO4. The van der Waals surface area contributed by atoms with Crippen molar-refractivity contribution in [1.29, 1.82) is 0 Å². The Hall–Kier alpha value is -1.88. The Bertz CT molecular complexity index is 471. The summed E-state index contributed by atoms with van der Waals surface area (Å²) in [5.74, 6) is -0.117. The van der Waals surface area contributed by atoms with E-state index < -0.39 is 12.0 Å². The first-order valence-corrected chi connectivity index (χ1v) is 5.96. The molecule has 1 atom stereocenters. The third-order valence-electron chi connectivity index (χ3n) is 2.88. The fourth-order valence-corrected chi connectivity index (χ4v) is 1.78. The molecule has 1 rings (SSSR count). The first-order chi connectivity index (χ1) is 9.03. The van der Waals surface area contributed by atoms with Crippen LogP contribution in [0.15, 0.2) is 18.2 Å². The van der Waals surface area contributed by atoms with E-state index in [1.165, 1.54) is 14.2 Å². The number of aryl methyl sites for hydroxylation is 1. The Morgan fingerprint density at radius 2 is 2.00 bits per heavy atom. The van der Waals surface area contributed by atoms with Gasteiger partial charge in [-0.3, -0.25) is 9.59 Å². The number of hydrogen-bond donors (Lipinski definition) is 1. The summed E-state index contributed by atoms with van der Waals surface area (Å²) < 4.78 is 9.77. The maximum Gasteiger partial charge on any atom is 0.307 e. The van der Waals surface area contributed by atoms with Crippen LogP contribution in [0.4, 0.5) is 0 Å². The highest BCUT2D eigenvalue weighted by molar-refractivity contribution is 6.04. The number of rotatable bonds is 6. The summed E-state index contributed by atoms with van der Waals surface area (Å²) in [6.07, 6.45) is -0.0110. The van der Waals surface area contributed by atoms with Crippen molar-refractivity contribution in [2.45, 2.75) is 19.4 Å². The highest BCUT2D eigenvalue weighted by Crippen LogP contribution is 2.22. The molecule has 1 aromatic carbocycles. The van der Waals surface area contributed by atoms with Gasteiger partial charge in [0.1, 0.15) is 5.75 Å². The monoisotopic (exact) mass is 265 g/mol. The van der Waals surface area contributed by atoms with E-state index in [0.717, 1.165) is 5.56 Å². The zero-order valence-electron chi connectivity index (χ0n) is 11.6. The molecule has 1 N–H and O–H groups in total. The number of methoxy groups -OCH3 is 2. The van der Waals surface area contributed by atoms with Crippen LogP contribution in [0, 0.1) is 6.92 Å². The quantitative estimate of drug-likeness (QED) is 0.621. The molecule has 0 saturated heterocycles. The predicted molar refractivity (Wildman–Crippen MR) is 71.5 cm³/mol. The third kappa shape index (κ3) is 3.79. The molecule has 0 spiro atoms. The minimum absolute atomic E-state index is 0.0110. The van der Waals surface area contributed by atoms with E-state index in [4.69, 9.17) is 4.74 Å². The lowest BCUT2D eigenvalue weighted by atomic mass is 9.99. The molecule has 104 valence electrons. The van der Waals surface area contributed by atoms with E-state index in [1.807, 2.05) is 13.0 Å². The van der Waals surface area contributed by atoms with Gasteiger partial charge in [-0.25, -0.2) is 0 Å². The van der Waals surface area contributed by atoms with Crippen molar-refractivity contribution < 1.29 is 19.1 Å². The minimum Gasteiger partial charge on any atom is -0.496 e. The maximum absolute atomic E-state index is 12.4. The normalized spacial score (nSPS) is 11.8. The topological polar surface area (TPSA) is 64.6 Å². The van der Waals surface area contributed by atoms with E-state index in [0.29, 0.717) is 11.3 Å². The second kappa shape index (κ2) is 6.89. The molecule has 0 amide bonds. The van der Waals surface area contributed by atoms with E-state index in [-0.39, 0.29) is 12.2 Å². The van der Waals surface area contributed by atoms with E-state index >= 15 is 0 Å². The lowest BCUT2D eigenvalue weighted by Crippen LogP contribution is -2.36. The van der Waals surface area contributed by atoms with Gasteiger partial charge >= 0.3 is 5.97 Å². The average Bonchev–Trinajstić information content (AvgIpc) is 2.43. The van der Waals surface area contributed by atoms with E-state index in [1.54, 1.807) is 19.2 Å². The standard InChI is InChI=1S/C14H19NO4/c1-9-5-6-12(18-3)10(7-9)14(17)11(15-2)8-13(16)19-4/h5-7,11,15H,8H2,1-4H3. The number of hydrogen-bond acceptors (Lipinski definition) is 5. The zero-order valence-corrected chi connectivity index (χ0v) is 11.6. The Kier molecular flexibility index (Phi) is 5.51. The minimum atomic E-state index is -0.622. The van der Waals surface area contributed by atoms with Crippen molar-refractivity contribution in [2.75, 3.05) is 21.3 Å². The van der Waals surface area contributed by atoms with Gasteiger partial charge in [0.05, 0.1) is 32.2 Å². The molecule has 0 radical (unpaired) electrons. The molecular weight excluding hydrogens is 246 g/mol. The Morgan fingerprint density at radius 1 is 1.32 bits per heavy atom. The summed E-state index contributed by atoms with van der Waals surface area (Å²) in [6.45, 7) is 1.89. The molecule has 0 bridgehead atoms. The van der Waals surface area contributed by atoms with Crippen LogP contribution in [-0.4, -0.2) is 39.1 Å². The summed E-state index contributed by atoms with van der Waals surface area (Å²) in [5.41, 5.74) is 1.42. The summed E-state index contributed by atoms with van der Waals surface area (Å²) in [4.78, 5) is 23.7. The molecule has 0 aliphatic carbocycles. The van der Waals surface area contributed by atoms with Crippen LogP contribution in [0.2, 0.25) is 0 Å². The van der Waals surface area contributed by atoms with Gasteiger partial charge in [-0.1, -0.05) is 11.6 Å². The van der Waals surface area contributed by atoms with Gasteiger partial charge in [-0.05, 0) is 26.1 Å². The molecule has 1 unspecified atom stereocenters. The number of esters is 1. The Morgan fingerprint density at radius 3 is 2.53 bits per heavy atom. The summed E-state index contributed by atoms with van der Waals surface area (Å²) in [5, 5.41) is 2.83. The molecule has 5 heteroatoms. The van der Waals surface area contributed by atoms with Crippen molar-refractivity contribution in [2.24, 2.45) is 0 Å². The first kappa shape index (κ1) is 15.2. The molecule has 0 saturated carbocycles. The first-order valence-electron chi connectivity index (χ1n) is 5.96. The molecule has 0 aliphatic heterocycles. The number of ketones is 1. The lowest BCUT2D eigenvalue weighted by molar-refractivity contribution is -0.140.